The molecule has 0 aliphatic rings. The van der Waals surface area contributed by atoms with E-state index in [2.05, 4.69) is 20.9 Å². The molecule has 104 valence electrons. The first-order valence-electron chi connectivity index (χ1n) is 6.11. The van der Waals surface area contributed by atoms with Crippen LogP contribution >= 0.6 is 15.9 Å². The normalized spacial score (nSPS) is 10.2. The minimum atomic E-state index is 0.00932. The molecule has 0 atom stereocenters. The third kappa shape index (κ3) is 3.57. The van der Waals surface area contributed by atoms with Gasteiger partial charge in [0.25, 0.3) is 0 Å². The second-order valence-corrected chi connectivity index (χ2v) is 5.23. The zero-order chi connectivity index (χ0) is 14.5. The molecule has 0 radical (unpaired) electrons. The molecular formula is C15H15BrN2O2. The van der Waals surface area contributed by atoms with Gasteiger partial charge in [-0.3, -0.25) is 4.79 Å². The number of carbonyl (C=O) groups is 1. The monoisotopic (exact) mass is 334 g/mol. The van der Waals surface area contributed by atoms with Crippen LogP contribution < -0.4 is 9.64 Å². The highest BCUT2D eigenvalue weighted by Gasteiger charge is 2.12. The first-order chi connectivity index (χ1) is 9.60. The van der Waals surface area contributed by atoms with Crippen LogP contribution in [0.4, 0.5) is 5.69 Å². The highest BCUT2D eigenvalue weighted by Crippen LogP contribution is 2.17. The van der Waals surface area contributed by atoms with Crippen LogP contribution in [0.25, 0.3) is 0 Å². The van der Waals surface area contributed by atoms with Crippen LogP contribution in [0.15, 0.2) is 47.1 Å². The van der Waals surface area contributed by atoms with Crippen LogP contribution in [-0.4, -0.2) is 25.0 Å². The Labute approximate surface area is 126 Å². The van der Waals surface area contributed by atoms with Gasteiger partial charge in [-0.1, -0.05) is 28.1 Å². The van der Waals surface area contributed by atoms with Crippen LogP contribution in [0.3, 0.4) is 0 Å². The van der Waals surface area contributed by atoms with Crippen molar-refractivity contribution in [2.24, 2.45) is 0 Å². The van der Waals surface area contributed by atoms with E-state index < -0.39 is 0 Å². The number of halogens is 1. The van der Waals surface area contributed by atoms with E-state index in [-0.39, 0.29) is 5.91 Å². The lowest BCUT2D eigenvalue weighted by molar-refractivity contribution is -0.117. The molecule has 0 N–H and O–H groups in total. The van der Waals surface area contributed by atoms with Gasteiger partial charge >= 0.3 is 0 Å². The highest BCUT2D eigenvalue weighted by molar-refractivity contribution is 9.10. The third-order valence-electron chi connectivity index (χ3n) is 2.94. The molecule has 1 aromatic heterocycles. The number of methoxy groups -OCH3 is 1. The smallest absolute Gasteiger partial charge is 0.231 e. The average molecular weight is 335 g/mol. The van der Waals surface area contributed by atoms with Crippen molar-refractivity contribution in [3.8, 4) is 5.88 Å². The van der Waals surface area contributed by atoms with Crippen LogP contribution in [0.1, 0.15) is 5.56 Å². The van der Waals surface area contributed by atoms with E-state index in [1.807, 2.05) is 30.3 Å². The number of amides is 1. The van der Waals surface area contributed by atoms with Crippen molar-refractivity contribution in [3.63, 3.8) is 0 Å². The first-order valence-corrected chi connectivity index (χ1v) is 6.90. The summed E-state index contributed by atoms with van der Waals surface area (Å²) in [5.74, 6) is 0.539. The largest absolute Gasteiger partial charge is 0.481 e. The van der Waals surface area contributed by atoms with E-state index in [1.165, 1.54) is 0 Å². The molecule has 0 bridgehead atoms. The first kappa shape index (κ1) is 14.5. The lowest BCUT2D eigenvalue weighted by atomic mass is 10.1. The Morgan fingerprint density at radius 1 is 1.35 bits per heavy atom. The summed E-state index contributed by atoms with van der Waals surface area (Å²) in [4.78, 5) is 17.9. The summed E-state index contributed by atoms with van der Waals surface area (Å²) in [6.07, 6.45) is 1.97. The lowest BCUT2D eigenvalue weighted by Crippen LogP contribution is -2.27. The summed E-state index contributed by atoms with van der Waals surface area (Å²) in [5, 5.41) is 0. The molecule has 0 aliphatic heterocycles. The van der Waals surface area contributed by atoms with Crippen molar-refractivity contribution in [3.05, 3.63) is 52.6 Å². The van der Waals surface area contributed by atoms with Gasteiger partial charge in [0.2, 0.25) is 11.8 Å². The maximum Gasteiger partial charge on any atom is 0.231 e. The number of nitrogens with zero attached hydrogens (tertiary/aromatic N) is 2. The minimum absolute atomic E-state index is 0.00932. The van der Waals surface area contributed by atoms with Crippen LogP contribution in [0.5, 0.6) is 5.88 Å². The van der Waals surface area contributed by atoms with Gasteiger partial charge in [0.15, 0.2) is 0 Å². The predicted molar refractivity (Wildman–Crippen MR) is 82.0 cm³/mol. The van der Waals surface area contributed by atoms with Gasteiger partial charge in [-0.05, 0) is 23.8 Å². The average Bonchev–Trinajstić information content (AvgIpc) is 2.46. The van der Waals surface area contributed by atoms with Gasteiger partial charge in [0.05, 0.1) is 25.4 Å². The zero-order valence-electron chi connectivity index (χ0n) is 11.3. The Bertz CT molecular complexity index is 599. The van der Waals surface area contributed by atoms with Crippen molar-refractivity contribution >= 4 is 27.5 Å². The number of benzene rings is 1. The quantitative estimate of drug-likeness (QED) is 0.862. The number of anilines is 1. The molecule has 0 aliphatic carbocycles. The lowest BCUT2D eigenvalue weighted by Gasteiger charge is -2.17. The Morgan fingerprint density at radius 2 is 2.15 bits per heavy atom. The zero-order valence-corrected chi connectivity index (χ0v) is 12.9. The molecule has 2 rings (SSSR count). The summed E-state index contributed by atoms with van der Waals surface area (Å²) in [7, 11) is 3.30. The second-order valence-electron chi connectivity index (χ2n) is 4.32. The Kier molecular flexibility index (Phi) is 4.74. The molecule has 0 fully saturated rings. The predicted octanol–water partition coefficient (Wildman–Crippen LogP) is 3.06. The Hall–Kier alpha value is -1.88. The fourth-order valence-electron chi connectivity index (χ4n) is 1.78. The van der Waals surface area contributed by atoms with Gasteiger partial charge in [-0.25, -0.2) is 4.98 Å². The molecule has 5 heteroatoms. The number of aromatic nitrogens is 1. The van der Waals surface area contributed by atoms with Crippen LogP contribution in [0, 0.1) is 0 Å². The maximum atomic E-state index is 12.2. The maximum absolute atomic E-state index is 12.2. The van der Waals surface area contributed by atoms with Crippen molar-refractivity contribution in [2.45, 2.75) is 6.42 Å². The molecule has 1 aromatic carbocycles. The molecule has 0 saturated heterocycles. The molecule has 2 aromatic rings. The number of carbonyl (C=O) groups excluding carboxylic acids is 1. The molecule has 0 saturated carbocycles. The van der Waals surface area contributed by atoms with Gasteiger partial charge in [0.1, 0.15) is 0 Å². The minimum Gasteiger partial charge on any atom is -0.481 e. The molecule has 4 nitrogen and oxygen atoms in total. The number of hydrogen-bond donors (Lipinski definition) is 0. The summed E-state index contributed by atoms with van der Waals surface area (Å²) in [6.45, 7) is 0. The van der Waals surface area contributed by atoms with E-state index in [1.54, 1.807) is 31.3 Å². The van der Waals surface area contributed by atoms with Gasteiger partial charge in [-0.15, -0.1) is 0 Å². The second kappa shape index (κ2) is 6.52. The SMILES string of the molecule is COc1ccc(N(C)C(=O)Cc2cccc(Br)c2)cn1. The van der Waals surface area contributed by atoms with Crippen molar-refractivity contribution < 1.29 is 9.53 Å². The van der Waals surface area contributed by atoms with Gasteiger partial charge < -0.3 is 9.64 Å². The Balaban J connectivity index is 2.07. The van der Waals surface area contributed by atoms with Crippen LogP contribution in [0.2, 0.25) is 0 Å². The Morgan fingerprint density at radius 3 is 2.75 bits per heavy atom. The molecule has 1 amide bonds. The summed E-state index contributed by atoms with van der Waals surface area (Å²) in [6, 6.07) is 11.3. The topological polar surface area (TPSA) is 42.4 Å². The fraction of sp³-hybridized carbons (Fsp3) is 0.200. The number of hydrogen-bond acceptors (Lipinski definition) is 3. The van der Waals surface area contributed by atoms with Crippen LogP contribution in [-0.2, 0) is 11.2 Å². The standard InChI is InChI=1S/C15H15BrN2O2/c1-18(13-6-7-14(20-2)17-10-13)15(19)9-11-4-3-5-12(16)8-11/h3-8,10H,9H2,1-2H3. The van der Waals surface area contributed by atoms with E-state index in [0.29, 0.717) is 12.3 Å². The van der Waals surface area contributed by atoms with Crippen molar-refractivity contribution in [1.29, 1.82) is 0 Å². The van der Waals surface area contributed by atoms with E-state index in [4.69, 9.17) is 4.74 Å². The number of rotatable bonds is 4. The highest BCUT2D eigenvalue weighted by atomic mass is 79.9. The summed E-state index contributed by atoms with van der Waals surface area (Å²) >= 11 is 3.40. The van der Waals surface area contributed by atoms with Crippen molar-refractivity contribution in [1.82, 2.24) is 4.98 Å². The molecular weight excluding hydrogens is 320 g/mol. The molecule has 0 unspecified atom stereocenters. The van der Waals surface area contributed by atoms with E-state index in [0.717, 1.165) is 15.7 Å². The fourth-order valence-corrected chi connectivity index (χ4v) is 2.22. The number of pyridine rings is 1. The van der Waals surface area contributed by atoms with Gasteiger partial charge in [-0.2, -0.15) is 0 Å². The van der Waals surface area contributed by atoms with E-state index >= 15 is 0 Å². The van der Waals surface area contributed by atoms with Gasteiger partial charge in [0, 0.05) is 17.6 Å². The number of ether oxygens (including phenoxy) is 1. The van der Waals surface area contributed by atoms with Crippen molar-refractivity contribution in [2.75, 3.05) is 19.1 Å². The molecule has 20 heavy (non-hydrogen) atoms. The van der Waals surface area contributed by atoms with E-state index in [9.17, 15) is 4.79 Å². The summed E-state index contributed by atoms with van der Waals surface area (Å²) in [5.41, 5.74) is 1.71. The summed E-state index contributed by atoms with van der Waals surface area (Å²) < 4.78 is 5.97. The molecule has 1 heterocycles. The molecule has 0 spiro atoms. The number of likely N-dealkylation sites (N-methyl/N-ethyl adjacent to an activating group) is 1. The third-order valence-corrected chi connectivity index (χ3v) is 3.43.